The molecule has 2 atom stereocenters. The number of carbonyl (C=O) groups excluding carboxylic acids is 3. The summed E-state index contributed by atoms with van der Waals surface area (Å²) in [5.41, 5.74) is 3.83. The van der Waals surface area contributed by atoms with Gasteiger partial charge in [0.2, 0.25) is 0 Å². The molecule has 0 saturated carbocycles. The van der Waals surface area contributed by atoms with Gasteiger partial charge in [-0.3, -0.25) is 9.59 Å². The summed E-state index contributed by atoms with van der Waals surface area (Å²) in [7, 11) is 1.42. The van der Waals surface area contributed by atoms with Crippen molar-refractivity contribution in [2.75, 3.05) is 13.7 Å². The number of carbonyl (C=O) groups is 3. The Morgan fingerprint density at radius 1 is 0.951 bits per heavy atom. The van der Waals surface area contributed by atoms with Crippen molar-refractivity contribution >= 4 is 47.4 Å². The van der Waals surface area contributed by atoms with Gasteiger partial charge in [-0.1, -0.05) is 53.5 Å². The Bertz CT molecular complexity index is 1390. The van der Waals surface area contributed by atoms with Crippen LogP contribution in [-0.4, -0.2) is 50.0 Å². The summed E-state index contributed by atoms with van der Waals surface area (Å²) in [4.78, 5) is 37.7. The Morgan fingerprint density at radius 2 is 1.68 bits per heavy atom. The quantitative estimate of drug-likeness (QED) is 0.127. The summed E-state index contributed by atoms with van der Waals surface area (Å²) >= 11 is 12.1. The van der Waals surface area contributed by atoms with Crippen molar-refractivity contribution in [2.24, 2.45) is 5.10 Å². The lowest BCUT2D eigenvalue weighted by Gasteiger charge is -2.21. The smallest absolute Gasteiger partial charge is 0.493 e. The van der Waals surface area contributed by atoms with Crippen molar-refractivity contribution in [3.05, 3.63) is 87.9 Å². The maximum Gasteiger partial charge on any atom is 0.513 e. The molecule has 0 spiro atoms. The van der Waals surface area contributed by atoms with E-state index in [-0.39, 0.29) is 35.3 Å². The molecular weight excluding hydrogens is 573 g/mol. The Labute approximate surface area is 247 Å². The SMILES string of the molecule is CCOC(=O)Oc1ccc(/C=N\NC(=O)[C@H](Cc2ccccc2)NC(=O)[C@H](C)Oc2ccc(Cl)cc2Cl)cc1OC. The van der Waals surface area contributed by atoms with Gasteiger partial charge in [0.1, 0.15) is 11.8 Å². The minimum Gasteiger partial charge on any atom is -0.493 e. The molecule has 216 valence electrons. The number of hydrazone groups is 1. The minimum absolute atomic E-state index is 0.161. The standard InChI is InChI=1S/C29H29Cl2N3O7/c1-4-39-29(37)41-25-12-10-20(15-26(25)38-3)17-32-34-28(36)23(14-19-8-6-5-7-9-19)33-27(35)18(2)40-24-13-11-21(30)16-22(24)31/h5-13,15-18,23H,4,14H2,1-3H3,(H,33,35)(H,34,36)/b32-17-/t18-,23-/m0/s1. The van der Waals surface area contributed by atoms with Crippen molar-refractivity contribution in [2.45, 2.75) is 32.4 Å². The van der Waals surface area contributed by atoms with Crippen LogP contribution in [0.3, 0.4) is 0 Å². The fourth-order valence-corrected chi connectivity index (χ4v) is 3.95. The number of rotatable bonds is 12. The van der Waals surface area contributed by atoms with E-state index in [4.69, 9.17) is 42.1 Å². The molecule has 0 bridgehead atoms. The predicted molar refractivity (Wildman–Crippen MR) is 155 cm³/mol. The summed E-state index contributed by atoms with van der Waals surface area (Å²) in [5, 5.41) is 7.42. The zero-order valence-electron chi connectivity index (χ0n) is 22.6. The van der Waals surface area contributed by atoms with E-state index in [9.17, 15) is 14.4 Å². The first-order valence-electron chi connectivity index (χ1n) is 12.5. The molecule has 0 unspecified atom stereocenters. The molecule has 0 fully saturated rings. The predicted octanol–water partition coefficient (Wildman–Crippen LogP) is 5.18. The van der Waals surface area contributed by atoms with E-state index in [1.165, 1.54) is 25.5 Å². The third kappa shape index (κ3) is 9.70. The lowest BCUT2D eigenvalue weighted by Crippen LogP contribution is -2.50. The zero-order valence-corrected chi connectivity index (χ0v) is 24.1. The maximum absolute atomic E-state index is 13.1. The number of amides is 2. The molecular formula is C29H29Cl2N3O7. The first-order valence-corrected chi connectivity index (χ1v) is 13.3. The normalized spacial score (nSPS) is 12.2. The fourth-order valence-electron chi connectivity index (χ4n) is 3.50. The molecule has 0 aliphatic rings. The van der Waals surface area contributed by atoms with Gasteiger partial charge >= 0.3 is 6.16 Å². The lowest BCUT2D eigenvalue weighted by atomic mass is 10.1. The first kappa shape index (κ1) is 31.3. The second-order valence-corrected chi connectivity index (χ2v) is 9.36. The largest absolute Gasteiger partial charge is 0.513 e. The molecule has 0 saturated heterocycles. The lowest BCUT2D eigenvalue weighted by molar-refractivity contribution is -0.132. The van der Waals surface area contributed by atoms with Gasteiger partial charge in [-0.25, -0.2) is 10.2 Å². The summed E-state index contributed by atoms with van der Waals surface area (Å²) in [6.07, 6.45) is -0.242. The van der Waals surface area contributed by atoms with Crippen molar-refractivity contribution in [3.8, 4) is 17.2 Å². The molecule has 0 heterocycles. The van der Waals surface area contributed by atoms with Crippen LogP contribution < -0.4 is 25.0 Å². The average Bonchev–Trinajstić information content (AvgIpc) is 2.95. The summed E-state index contributed by atoms with van der Waals surface area (Å²) < 4.78 is 20.8. The topological polar surface area (TPSA) is 125 Å². The van der Waals surface area contributed by atoms with Gasteiger partial charge in [0.05, 0.1) is 25.0 Å². The Hall–Kier alpha value is -4.28. The van der Waals surface area contributed by atoms with E-state index in [1.54, 1.807) is 38.1 Å². The monoisotopic (exact) mass is 601 g/mol. The van der Waals surface area contributed by atoms with Crippen LogP contribution in [0.2, 0.25) is 10.0 Å². The van der Waals surface area contributed by atoms with Gasteiger partial charge in [0, 0.05) is 11.4 Å². The van der Waals surface area contributed by atoms with Crippen molar-refractivity contribution in [3.63, 3.8) is 0 Å². The van der Waals surface area contributed by atoms with Gasteiger partial charge in [-0.2, -0.15) is 5.10 Å². The number of methoxy groups -OCH3 is 1. The van der Waals surface area contributed by atoms with Crippen LogP contribution in [0.25, 0.3) is 0 Å². The van der Waals surface area contributed by atoms with Gasteiger partial charge in [0.15, 0.2) is 17.6 Å². The number of nitrogens with zero attached hydrogens (tertiary/aromatic N) is 1. The molecule has 3 aromatic carbocycles. The summed E-state index contributed by atoms with van der Waals surface area (Å²) in [6, 6.07) is 17.6. The van der Waals surface area contributed by atoms with Gasteiger partial charge in [-0.15, -0.1) is 0 Å². The molecule has 3 rings (SSSR count). The minimum atomic E-state index is -0.969. The first-order chi connectivity index (χ1) is 19.7. The molecule has 2 amide bonds. The van der Waals surface area contributed by atoms with Crippen LogP contribution in [0.15, 0.2) is 71.8 Å². The number of hydrogen-bond donors (Lipinski definition) is 2. The summed E-state index contributed by atoms with van der Waals surface area (Å²) in [5.74, 6) is -0.379. The molecule has 3 aromatic rings. The summed E-state index contributed by atoms with van der Waals surface area (Å²) in [6.45, 7) is 3.37. The van der Waals surface area contributed by atoms with Crippen molar-refractivity contribution in [1.82, 2.24) is 10.7 Å². The van der Waals surface area contributed by atoms with Gasteiger partial charge in [-0.05, 0) is 61.4 Å². The van der Waals surface area contributed by atoms with Gasteiger partial charge < -0.3 is 24.3 Å². The van der Waals surface area contributed by atoms with Crippen molar-refractivity contribution in [1.29, 1.82) is 0 Å². The zero-order chi connectivity index (χ0) is 29.8. The molecule has 41 heavy (non-hydrogen) atoms. The Morgan fingerprint density at radius 3 is 2.37 bits per heavy atom. The molecule has 2 N–H and O–H groups in total. The number of hydrogen-bond acceptors (Lipinski definition) is 8. The molecule has 0 aliphatic heterocycles. The number of halogens is 2. The van der Waals surface area contributed by atoms with Crippen LogP contribution in [-0.2, 0) is 20.7 Å². The Kier molecular flexibility index (Phi) is 11.8. The number of nitrogens with one attached hydrogen (secondary N) is 2. The third-order valence-corrected chi connectivity index (χ3v) is 6.04. The Balaban J connectivity index is 1.69. The van der Waals surface area contributed by atoms with E-state index >= 15 is 0 Å². The highest BCUT2D eigenvalue weighted by Crippen LogP contribution is 2.29. The second kappa shape index (κ2) is 15.5. The molecule has 0 aliphatic carbocycles. The fraction of sp³-hybridized carbons (Fsp3) is 0.241. The van der Waals surface area contributed by atoms with E-state index in [1.807, 2.05) is 30.3 Å². The van der Waals surface area contributed by atoms with Crippen molar-refractivity contribution < 1.29 is 33.3 Å². The van der Waals surface area contributed by atoms with Gasteiger partial charge in [0.25, 0.3) is 11.8 Å². The second-order valence-electron chi connectivity index (χ2n) is 8.52. The van der Waals surface area contributed by atoms with Crippen LogP contribution in [0.4, 0.5) is 4.79 Å². The van der Waals surface area contributed by atoms with E-state index < -0.39 is 30.1 Å². The maximum atomic E-state index is 13.1. The number of ether oxygens (including phenoxy) is 4. The molecule has 12 heteroatoms. The average molecular weight is 602 g/mol. The van der Waals surface area contributed by atoms with E-state index in [2.05, 4.69) is 15.8 Å². The van der Waals surface area contributed by atoms with E-state index in [0.717, 1.165) is 5.56 Å². The molecule has 10 nitrogen and oxygen atoms in total. The van der Waals surface area contributed by atoms with Crippen LogP contribution >= 0.6 is 23.2 Å². The highest BCUT2D eigenvalue weighted by Gasteiger charge is 2.25. The highest BCUT2D eigenvalue weighted by atomic mass is 35.5. The van der Waals surface area contributed by atoms with E-state index in [0.29, 0.717) is 10.6 Å². The highest BCUT2D eigenvalue weighted by molar-refractivity contribution is 6.35. The van der Waals surface area contributed by atoms with Crippen LogP contribution in [0.1, 0.15) is 25.0 Å². The molecule has 0 radical (unpaired) electrons. The van der Waals surface area contributed by atoms with Crippen LogP contribution in [0, 0.1) is 0 Å². The third-order valence-electron chi connectivity index (χ3n) is 5.51. The molecule has 0 aromatic heterocycles. The number of benzene rings is 3. The van der Waals surface area contributed by atoms with Crippen LogP contribution in [0.5, 0.6) is 17.2 Å².